The van der Waals surface area contributed by atoms with Crippen molar-refractivity contribution in [1.29, 1.82) is 5.26 Å². The largest absolute Gasteiger partial charge is 0.341 e. The predicted molar refractivity (Wildman–Crippen MR) is 82.1 cm³/mol. The SMILES string of the molecule is CCCC(C#N)(CCC)C(=O)N(C)C1CCCCCC1. The normalized spacial score (nSPS) is 17.3. The van der Waals surface area contributed by atoms with Crippen molar-refractivity contribution in [2.24, 2.45) is 5.41 Å². The zero-order valence-electron chi connectivity index (χ0n) is 13.5. The highest BCUT2D eigenvalue weighted by atomic mass is 16.2. The highest BCUT2D eigenvalue weighted by molar-refractivity contribution is 5.85. The zero-order valence-corrected chi connectivity index (χ0v) is 13.5. The van der Waals surface area contributed by atoms with Gasteiger partial charge in [-0.15, -0.1) is 0 Å². The second kappa shape index (κ2) is 8.29. The maximum atomic E-state index is 12.9. The van der Waals surface area contributed by atoms with Crippen LogP contribution in [0.3, 0.4) is 0 Å². The van der Waals surface area contributed by atoms with Crippen LogP contribution in [0.25, 0.3) is 0 Å². The Balaban J connectivity index is 2.84. The predicted octanol–water partition coefficient (Wildman–Crippen LogP) is 4.28. The van der Waals surface area contributed by atoms with Gasteiger partial charge in [0.1, 0.15) is 5.41 Å². The van der Waals surface area contributed by atoms with E-state index < -0.39 is 5.41 Å². The van der Waals surface area contributed by atoms with Gasteiger partial charge in [-0.05, 0) is 25.7 Å². The smallest absolute Gasteiger partial charge is 0.243 e. The Morgan fingerprint density at radius 2 is 1.65 bits per heavy atom. The van der Waals surface area contributed by atoms with Crippen LogP contribution in [0.5, 0.6) is 0 Å². The van der Waals surface area contributed by atoms with Crippen molar-refractivity contribution in [3.8, 4) is 6.07 Å². The molecule has 20 heavy (non-hydrogen) atoms. The molecule has 0 aromatic rings. The van der Waals surface area contributed by atoms with E-state index in [-0.39, 0.29) is 5.91 Å². The lowest BCUT2D eigenvalue weighted by atomic mass is 9.79. The van der Waals surface area contributed by atoms with Gasteiger partial charge in [0.2, 0.25) is 5.91 Å². The Kier molecular flexibility index (Phi) is 7.05. The molecule has 0 radical (unpaired) electrons. The molecule has 1 amide bonds. The summed E-state index contributed by atoms with van der Waals surface area (Å²) >= 11 is 0. The highest BCUT2D eigenvalue weighted by Gasteiger charge is 2.40. The molecule has 0 unspecified atom stereocenters. The van der Waals surface area contributed by atoms with Gasteiger partial charge in [0.05, 0.1) is 6.07 Å². The van der Waals surface area contributed by atoms with Crippen molar-refractivity contribution >= 4 is 5.91 Å². The van der Waals surface area contributed by atoms with E-state index in [1.807, 2.05) is 11.9 Å². The van der Waals surface area contributed by atoms with Crippen molar-refractivity contribution in [3.05, 3.63) is 0 Å². The number of carbonyl (C=O) groups is 1. The molecule has 1 aliphatic carbocycles. The zero-order chi connectivity index (χ0) is 15.0. The Labute approximate surface area is 124 Å². The summed E-state index contributed by atoms with van der Waals surface area (Å²) in [6, 6.07) is 2.70. The molecule has 1 fully saturated rings. The fourth-order valence-electron chi connectivity index (χ4n) is 3.50. The first-order valence-electron chi connectivity index (χ1n) is 8.29. The van der Waals surface area contributed by atoms with E-state index in [1.165, 1.54) is 25.7 Å². The number of nitriles is 1. The molecule has 1 rings (SSSR count). The van der Waals surface area contributed by atoms with Crippen molar-refractivity contribution in [1.82, 2.24) is 4.90 Å². The molecule has 114 valence electrons. The average Bonchev–Trinajstić information content (AvgIpc) is 2.74. The molecule has 1 aliphatic rings. The molecule has 0 heterocycles. The lowest BCUT2D eigenvalue weighted by Crippen LogP contribution is -2.46. The van der Waals surface area contributed by atoms with Crippen LogP contribution in [-0.4, -0.2) is 23.9 Å². The van der Waals surface area contributed by atoms with Gasteiger partial charge in [-0.1, -0.05) is 52.4 Å². The lowest BCUT2D eigenvalue weighted by Gasteiger charge is -2.34. The van der Waals surface area contributed by atoms with Crippen LogP contribution in [-0.2, 0) is 4.79 Å². The van der Waals surface area contributed by atoms with Crippen molar-refractivity contribution < 1.29 is 4.79 Å². The highest BCUT2D eigenvalue weighted by Crippen LogP contribution is 2.33. The summed E-state index contributed by atoms with van der Waals surface area (Å²) < 4.78 is 0. The standard InChI is InChI=1S/C17H30N2O/c1-4-12-17(14-18,13-5-2)16(20)19(3)15-10-8-6-7-9-11-15/h15H,4-13H2,1-3H3. The van der Waals surface area contributed by atoms with Gasteiger partial charge in [-0.2, -0.15) is 5.26 Å². The fraction of sp³-hybridized carbons (Fsp3) is 0.882. The number of amides is 1. The molecule has 3 heteroatoms. The van der Waals surface area contributed by atoms with Gasteiger partial charge >= 0.3 is 0 Å². The third-order valence-corrected chi connectivity index (χ3v) is 4.67. The molecular formula is C17H30N2O. The first-order valence-corrected chi connectivity index (χ1v) is 8.29. The Morgan fingerprint density at radius 3 is 2.05 bits per heavy atom. The lowest BCUT2D eigenvalue weighted by molar-refractivity contribution is -0.141. The summed E-state index contributed by atoms with van der Waals surface area (Å²) in [7, 11) is 1.91. The summed E-state index contributed by atoms with van der Waals surface area (Å²) in [5.41, 5.74) is -0.787. The Hall–Kier alpha value is -1.04. The van der Waals surface area contributed by atoms with Gasteiger partial charge in [-0.25, -0.2) is 0 Å². The van der Waals surface area contributed by atoms with Gasteiger partial charge in [0.15, 0.2) is 0 Å². The van der Waals surface area contributed by atoms with Crippen LogP contribution < -0.4 is 0 Å². The topological polar surface area (TPSA) is 44.1 Å². The van der Waals surface area contributed by atoms with Crippen molar-refractivity contribution in [3.63, 3.8) is 0 Å². The van der Waals surface area contributed by atoms with Gasteiger partial charge < -0.3 is 4.90 Å². The van der Waals surface area contributed by atoms with Gasteiger partial charge in [-0.3, -0.25) is 4.79 Å². The Morgan fingerprint density at radius 1 is 1.15 bits per heavy atom. The van der Waals surface area contributed by atoms with Crippen LogP contribution in [0.15, 0.2) is 0 Å². The van der Waals surface area contributed by atoms with E-state index >= 15 is 0 Å². The Bertz CT molecular complexity index is 331. The minimum absolute atomic E-state index is 0.0654. The van der Waals surface area contributed by atoms with Crippen LogP contribution in [0.2, 0.25) is 0 Å². The first-order chi connectivity index (χ1) is 9.61. The summed E-state index contributed by atoms with van der Waals surface area (Å²) in [5.74, 6) is 0.0654. The number of hydrogen-bond acceptors (Lipinski definition) is 2. The van der Waals surface area contributed by atoms with Crippen LogP contribution in [0.4, 0.5) is 0 Å². The third kappa shape index (κ3) is 3.98. The van der Waals surface area contributed by atoms with Crippen molar-refractivity contribution in [2.45, 2.75) is 84.1 Å². The number of nitrogens with zero attached hydrogens (tertiary/aromatic N) is 2. The van der Waals surface area contributed by atoms with E-state index in [4.69, 9.17) is 0 Å². The molecule has 0 N–H and O–H groups in total. The van der Waals surface area contributed by atoms with Gasteiger partial charge in [0.25, 0.3) is 0 Å². The van der Waals surface area contributed by atoms with Crippen LogP contribution >= 0.6 is 0 Å². The number of rotatable bonds is 6. The van der Waals surface area contributed by atoms with E-state index in [1.54, 1.807) is 0 Å². The van der Waals surface area contributed by atoms with E-state index in [2.05, 4.69) is 19.9 Å². The maximum absolute atomic E-state index is 12.9. The van der Waals surface area contributed by atoms with Gasteiger partial charge in [0, 0.05) is 13.1 Å². The molecule has 0 bridgehead atoms. The van der Waals surface area contributed by atoms with Crippen LogP contribution in [0.1, 0.15) is 78.1 Å². The second-order valence-electron chi connectivity index (χ2n) is 6.26. The molecule has 0 aromatic carbocycles. The summed E-state index contributed by atoms with van der Waals surface area (Å²) in [5, 5.41) is 9.61. The maximum Gasteiger partial charge on any atom is 0.243 e. The number of carbonyl (C=O) groups excluding carboxylic acids is 1. The van der Waals surface area contributed by atoms with Crippen LogP contribution in [0, 0.1) is 16.7 Å². The molecule has 0 atom stereocenters. The monoisotopic (exact) mass is 278 g/mol. The second-order valence-corrected chi connectivity index (χ2v) is 6.26. The average molecular weight is 278 g/mol. The summed E-state index contributed by atoms with van der Waals surface area (Å²) in [4.78, 5) is 14.8. The minimum atomic E-state index is -0.787. The van der Waals surface area contributed by atoms with E-state index in [9.17, 15) is 10.1 Å². The minimum Gasteiger partial charge on any atom is -0.341 e. The molecular weight excluding hydrogens is 248 g/mol. The molecule has 3 nitrogen and oxygen atoms in total. The fourth-order valence-corrected chi connectivity index (χ4v) is 3.50. The van der Waals surface area contributed by atoms with Crippen molar-refractivity contribution in [2.75, 3.05) is 7.05 Å². The van der Waals surface area contributed by atoms with E-state index in [0.717, 1.165) is 25.7 Å². The molecule has 0 spiro atoms. The first kappa shape index (κ1) is 17.0. The quantitative estimate of drug-likeness (QED) is 0.681. The summed E-state index contributed by atoms with van der Waals surface area (Å²) in [6.45, 7) is 4.11. The molecule has 1 saturated carbocycles. The third-order valence-electron chi connectivity index (χ3n) is 4.67. The molecule has 0 aliphatic heterocycles. The number of hydrogen-bond donors (Lipinski definition) is 0. The van der Waals surface area contributed by atoms with E-state index in [0.29, 0.717) is 18.9 Å². The molecule has 0 aromatic heterocycles. The molecule has 0 saturated heterocycles. The summed E-state index contributed by atoms with van der Waals surface area (Å²) in [6.07, 6.45) is 10.3.